The van der Waals surface area contributed by atoms with Crippen molar-refractivity contribution in [2.45, 2.75) is 25.9 Å². The van der Waals surface area contributed by atoms with Crippen LogP contribution in [0.2, 0.25) is 0 Å². The number of aliphatic hydroxyl groups is 1. The molecule has 0 aliphatic carbocycles. The zero-order valence-corrected chi connectivity index (χ0v) is 10.4. The molecule has 0 fully saturated rings. The van der Waals surface area contributed by atoms with Gasteiger partial charge in [0.25, 0.3) is 0 Å². The van der Waals surface area contributed by atoms with Gasteiger partial charge in [-0.1, -0.05) is 6.07 Å². The maximum Gasteiger partial charge on any atom is 0.136 e. The maximum absolute atomic E-state index is 9.12. The van der Waals surface area contributed by atoms with Crippen molar-refractivity contribution < 1.29 is 9.84 Å². The van der Waals surface area contributed by atoms with E-state index >= 15 is 0 Å². The van der Waals surface area contributed by atoms with E-state index in [9.17, 15) is 0 Å². The molecule has 0 saturated heterocycles. The summed E-state index contributed by atoms with van der Waals surface area (Å²) in [5.41, 5.74) is 1.22. The van der Waals surface area contributed by atoms with Crippen molar-refractivity contribution in [3.05, 3.63) is 29.3 Å². The van der Waals surface area contributed by atoms with Gasteiger partial charge in [-0.3, -0.25) is 0 Å². The van der Waals surface area contributed by atoms with Crippen molar-refractivity contribution in [2.75, 3.05) is 13.7 Å². The topological polar surface area (TPSA) is 65.3 Å². The van der Waals surface area contributed by atoms with E-state index < -0.39 is 0 Å². The number of benzene rings is 1. The van der Waals surface area contributed by atoms with Crippen LogP contribution in [0.1, 0.15) is 25.0 Å². The fraction of sp³-hybridized carbons (Fsp3) is 0.462. The lowest BCUT2D eigenvalue weighted by Gasteiger charge is -2.23. The van der Waals surface area contributed by atoms with Gasteiger partial charge in [-0.05, 0) is 31.5 Å². The van der Waals surface area contributed by atoms with Crippen molar-refractivity contribution in [3.63, 3.8) is 0 Å². The molecule has 4 heteroatoms. The second-order valence-electron chi connectivity index (χ2n) is 4.54. The first kappa shape index (κ1) is 13.5. The van der Waals surface area contributed by atoms with Crippen LogP contribution in [0.3, 0.4) is 0 Å². The Labute approximate surface area is 102 Å². The monoisotopic (exact) mass is 234 g/mol. The molecular formula is C13H18N2O2. The lowest BCUT2D eigenvalue weighted by Crippen LogP contribution is -2.42. The molecule has 0 aliphatic heterocycles. The average Bonchev–Trinajstić information content (AvgIpc) is 2.36. The SMILES string of the molecule is COc1cc(CNC(C)(C)CO)ccc1C#N. The van der Waals surface area contributed by atoms with Crippen LogP contribution < -0.4 is 10.1 Å². The van der Waals surface area contributed by atoms with Crippen LogP contribution in [0.25, 0.3) is 0 Å². The van der Waals surface area contributed by atoms with Gasteiger partial charge in [-0.15, -0.1) is 0 Å². The van der Waals surface area contributed by atoms with Crippen molar-refractivity contribution >= 4 is 0 Å². The minimum atomic E-state index is -0.318. The summed E-state index contributed by atoms with van der Waals surface area (Å²) in [6, 6.07) is 7.52. The third-order valence-electron chi connectivity index (χ3n) is 2.55. The predicted octanol–water partition coefficient (Wildman–Crippen LogP) is 1.43. The Balaban J connectivity index is 2.77. The molecule has 1 aromatic carbocycles. The van der Waals surface area contributed by atoms with E-state index in [0.29, 0.717) is 17.9 Å². The van der Waals surface area contributed by atoms with E-state index in [0.717, 1.165) is 5.56 Å². The van der Waals surface area contributed by atoms with Crippen LogP contribution in [0, 0.1) is 11.3 Å². The van der Waals surface area contributed by atoms with Crippen LogP contribution in [0.15, 0.2) is 18.2 Å². The molecule has 17 heavy (non-hydrogen) atoms. The number of methoxy groups -OCH3 is 1. The Hall–Kier alpha value is -1.57. The zero-order chi connectivity index (χ0) is 12.9. The number of hydrogen-bond donors (Lipinski definition) is 2. The highest BCUT2D eigenvalue weighted by Gasteiger charge is 2.15. The largest absolute Gasteiger partial charge is 0.495 e. The van der Waals surface area contributed by atoms with E-state index in [1.807, 2.05) is 26.0 Å². The number of hydrogen-bond acceptors (Lipinski definition) is 4. The van der Waals surface area contributed by atoms with Crippen LogP contribution in [-0.4, -0.2) is 24.4 Å². The molecule has 2 N–H and O–H groups in total. The van der Waals surface area contributed by atoms with Gasteiger partial charge in [0, 0.05) is 12.1 Å². The zero-order valence-electron chi connectivity index (χ0n) is 10.4. The highest BCUT2D eigenvalue weighted by Crippen LogP contribution is 2.19. The lowest BCUT2D eigenvalue weighted by atomic mass is 10.1. The molecule has 92 valence electrons. The third-order valence-corrected chi connectivity index (χ3v) is 2.55. The molecule has 0 bridgehead atoms. The van der Waals surface area contributed by atoms with Crippen LogP contribution in [0.4, 0.5) is 0 Å². The number of rotatable bonds is 5. The summed E-state index contributed by atoms with van der Waals surface area (Å²) in [5, 5.41) is 21.2. The number of nitrogens with zero attached hydrogens (tertiary/aromatic N) is 1. The van der Waals surface area contributed by atoms with E-state index in [-0.39, 0.29) is 12.1 Å². The molecule has 0 atom stereocenters. The van der Waals surface area contributed by atoms with Gasteiger partial charge >= 0.3 is 0 Å². The first-order chi connectivity index (χ1) is 8.02. The Morgan fingerprint density at radius 1 is 1.47 bits per heavy atom. The van der Waals surface area contributed by atoms with E-state index in [4.69, 9.17) is 15.1 Å². The van der Waals surface area contributed by atoms with Crippen molar-refractivity contribution in [1.29, 1.82) is 5.26 Å². The summed E-state index contributed by atoms with van der Waals surface area (Å²) >= 11 is 0. The Bertz CT molecular complexity index is 422. The maximum atomic E-state index is 9.12. The molecule has 1 rings (SSSR count). The molecule has 1 aromatic rings. The van der Waals surface area contributed by atoms with Crippen molar-refractivity contribution in [1.82, 2.24) is 5.32 Å². The molecule has 0 aromatic heterocycles. The Kier molecular flexibility index (Phi) is 4.50. The van der Waals surface area contributed by atoms with Crippen LogP contribution in [0.5, 0.6) is 5.75 Å². The molecule has 0 aliphatic rings. The standard InChI is InChI=1S/C13H18N2O2/c1-13(2,9-16)15-8-10-4-5-11(7-14)12(6-10)17-3/h4-6,15-16H,8-9H2,1-3H3. The molecule has 0 amide bonds. The summed E-state index contributed by atoms with van der Waals surface area (Å²) in [4.78, 5) is 0. The number of ether oxygens (including phenoxy) is 1. The molecule has 0 heterocycles. The number of nitriles is 1. The van der Waals surface area contributed by atoms with Gasteiger partial charge in [-0.25, -0.2) is 0 Å². The van der Waals surface area contributed by atoms with Gasteiger partial charge in [0.2, 0.25) is 0 Å². The first-order valence-electron chi connectivity index (χ1n) is 5.45. The fourth-order valence-electron chi connectivity index (χ4n) is 1.34. The highest BCUT2D eigenvalue weighted by atomic mass is 16.5. The summed E-state index contributed by atoms with van der Waals surface area (Å²) in [6.07, 6.45) is 0. The average molecular weight is 234 g/mol. The Morgan fingerprint density at radius 3 is 2.71 bits per heavy atom. The molecule has 4 nitrogen and oxygen atoms in total. The van der Waals surface area contributed by atoms with Gasteiger partial charge in [0.1, 0.15) is 11.8 Å². The second kappa shape index (κ2) is 5.67. The Morgan fingerprint density at radius 2 is 2.18 bits per heavy atom. The van der Waals surface area contributed by atoms with Crippen molar-refractivity contribution in [3.8, 4) is 11.8 Å². The molecular weight excluding hydrogens is 216 g/mol. The van der Waals surface area contributed by atoms with Crippen LogP contribution in [-0.2, 0) is 6.54 Å². The van der Waals surface area contributed by atoms with E-state index in [2.05, 4.69) is 11.4 Å². The summed E-state index contributed by atoms with van der Waals surface area (Å²) in [7, 11) is 1.55. The quantitative estimate of drug-likeness (QED) is 0.808. The minimum absolute atomic E-state index is 0.0699. The highest BCUT2D eigenvalue weighted by molar-refractivity contribution is 5.45. The second-order valence-corrected chi connectivity index (χ2v) is 4.54. The molecule has 0 unspecified atom stereocenters. The van der Waals surface area contributed by atoms with E-state index in [1.165, 1.54) is 0 Å². The fourth-order valence-corrected chi connectivity index (χ4v) is 1.34. The first-order valence-corrected chi connectivity index (χ1v) is 5.45. The summed E-state index contributed by atoms with van der Waals surface area (Å²) in [6.45, 7) is 4.54. The smallest absolute Gasteiger partial charge is 0.136 e. The van der Waals surface area contributed by atoms with Gasteiger partial charge < -0.3 is 15.2 Å². The predicted molar refractivity (Wildman–Crippen MR) is 65.7 cm³/mol. The number of aliphatic hydroxyl groups excluding tert-OH is 1. The minimum Gasteiger partial charge on any atom is -0.495 e. The van der Waals surface area contributed by atoms with E-state index in [1.54, 1.807) is 13.2 Å². The summed E-state index contributed by atoms with van der Waals surface area (Å²) < 4.78 is 5.14. The van der Waals surface area contributed by atoms with Crippen LogP contribution >= 0.6 is 0 Å². The van der Waals surface area contributed by atoms with Crippen molar-refractivity contribution in [2.24, 2.45) is 0 Å². The normalized spacial score (nSPS) is 11.0. The van der Waals surface area contributed by atoms with Gasteiger partial charge in [-0.2, -0.15) is 5.26 Å². The molecule has 0 spiro atoms. The van der Waals surface area contributed by atoms with Gasteiger partial charge in [0.05, 0.1) is 19.3 Å². The summed E-state index contributed by atoms with van der Waals surface area (Å²) in [5.74, 6) is 0.577. The third kappa shape index (κ3) is 3.74. The number of nitrogens with one attached hydrogen (secondary N) is 1. The lowest BCUT2D eigenvalue weighted by molar-refractivity contribution is 0.187. The van der Waals surface area contributed by atoms with Gasteiger partial charge in [0.15, 0.2) is 0 Å². The molecule has 0 saturated carbocycles. The molecule has 0 radical (unpaired) electrons.